The zero-order valence-corrected chi connectivity index (χ0v) is 15.5. The molecule has 1 aromatic heterocycles. The molecular weight excluding hydrogens is 342 g/mol. The fourth-order valence-electron chi connectivity index (χ4n) is 3.44. The summed E-state index contributed by atoms with van der Waals surface area (Å²) in [6, 6.07) is 9.96. The van der Waals surface area contributed by atoms with Crippen molar-refractivity contribution in [2.75, 3.05) is 26.2 Å². The normalized spacial score (nSPS) is 18.9. The molecule has 2 aromatic rings. The summed E-state index contributed by atoms with van der Waals surface area (Å²) < 4.78 is 1.82. The fourth-order valence-corrected chi connectivity index (χ4v) is 3.44. The Morgan fingerprint density at radius 2 is 1.81 bits per heavy atom. The third kappa shape index (κ3) is 3.88. The highest BCUT2D eigenvalue weighted by molar-refractivity contribution is 5.93. The first-order valence-corrected chi connectivity index (χ1v) is 9.55. The molecule has 1 atom stereocenters. The van der Waals surface area contributed by atoms with Crippen LogP contribution in [0.2, 0.25) is 0 Å². The first-order chi connectivity index (χ1) is 13.1. The van der Waals surface area contributed by atoms with Gasteiger partial charge in [-0.2, -0.15) is 0 Å². The Balaban J connectivity index is 1.38. The van der Waals surface area contributed by atoms with Gasteiger partial charge >= 0.3 is 0 Å². The first kappa shape index (κ1) is 17.7. The van der Waals surface area contributed by atoms with E-state index in [1.165, 1.54) is 0 Å². The molecule has 1 aliphatic carbocycles. The van der Waals surface area contributed by atoms with Crippen LogP contribution in [0.3, 0.4) is 0 Å². The molecule has 1 saturated heterocycles. The molecule has 0 radical (unpaired) electrons. The highest BCUT2D eigenvalue weighted by Gasteiger charge is 2.31. The van der Waals surface area contributed by atoms with Crippen molar-refractivity contribution in [1.29, 1.82) is 0 Å². The minimum atomic E-state index is -0.155. The number of carbonyl (C=O) groups is 2. The Kier molecular flexibility index (Phi) is 4.94. The first-order valence-electron chi connectivity index (χ1n) is 9.55. The summed E-state index contributed by atoms with van der Waals surface area (Å²) in [5, 5.41) is 3.06. The summed E-state index contributed by atoms with van der Waals surface area (Å²) in [5.74, 6) is 0.0746. The second-order valence-electron chi connectivity index (χ2n) is 7.27. The van der Waals surface area contributed by atoms with Crippen molar-refractivity contribution >= 4 is 11.8 Å². The minimum absolute atomic E-state index is 0.0221. The van der Waals surface area contributed by atoms with Crippen LogP contribution in [0, 0.1) is 0 Å². The standard InChI is InChI=1S/C20H25N5O2/c1-15(19(26)22-16-7-8-16)23-9-11-24(12-10-23)20(27)18-13-21-14-25(18)17-5-3-2-4-6-17/h2-6,13-16H,7-12H2,1H3,(H,22,26). The molecule has 0 bridgehead atoms. The van der Waals surface area contributed by atoms with Crippen molar-refractivity contribution in [1.82, 2.24) is 24.7 Å². The largest absolute Gasteiger partial charge is 0.352 e. The lowest BCUT2D eigenvalue weighted by Gasteiger charge is -2.37. The number of imidazole rings is 1. The number of amides is 2. The molecule has 7 nitrogen and oxygen atoms in total. The maximum atomic E-state index is 13.0. The zero-order chi connectivity index (χ0) is 18.8. The average Bonchev–Trinajstić information content (AvgIpc) is 3.39. The number of nitrogens with one attached hydrogen (secondary N) is 1. The van der Waals surface area contributed by atoms with E-state index in [4.69, 9.17) is 0 Å². The molecule has 2 aliphatic rings. The van der Waals surface area contributed by atoms with E-state index in [1.807, 2.05) is 46.7 Å². The summed E-state index contributed by atoms with van der Waals surface area (Å²) >= 11 is 0. The Labute approximate surface area is 159 Å². The molecule has 1 saturated carbocycles. The molecular formula is C20H25N5O2. The number of hydrogen-bond acceptors (Lipinski definition) is 4. The molecule has 142 valence electrons. The number of piperazine rings is 1. The summed E-state index contributed by atoms with van der Waals surface area (Å²) in [6.45, 7) is 4.56. The van der Waals surface area contributed by atoms with Crippen molar-refractivity contribution in [3.8, 4) is 5.69 Å². The van der Waals surface area contributed by atoms with Gasteiger partial charge in [0.1, 0.15) is 5.69 Å². The summed E-state index contributed by atoms with van der Waals surface area (Å²) in [4.78, 5) is 33.4. The second-order valence-corrected chi connectivity index (χ2v) is 7.27. The van der Waals surface area contributed by atoms with E-state index in [-0.39, 0.29) is 17.9 Å². The van der Waals surface area contributed by atoms with E-state index in [9.17, 15) is 9.59 Å². The predicted molar refractivity (Wildman–Crippen MR) is 102 cm³/mol. The fraction of sp³-hybridized carbons (Fsp3) is 0.450. The van der Waals surface area contributed by atoms with Gasteiger partial charge in [0.25, 0.3) is 5.91 Å². The predicted octanol–water partition coefficient (Wildman–Crippen LogP) is 1.30. The molecule has 1 N–H and O–H groups in total. The van der Waals surface area contributed by atoms with Crippen LogP contribution >= 0.6 is 0 Å². The number of para-hydroxylation sites is 1. The Morgan fingerprint density at radius 1 is 1.11 bits per heavy atom. The highest BCUT2D eigenvalue weighted by atomic mass is 16.2. The van der Waals surface area contributed by atoms with Gasteiger partial charge in [-0.15, -0.1) is 0 Å². The third-order valence-electron chi connectivity index (χ3n) is 5.34. The van der Waals surface area contributed by atoms with Crippen molar-refractivity contribution in [3.63, 3.8) is 0 Å². The van der Waals surface area contributed by atoms with E-state index in [0.717, 1.165) is 18.5 Å². The number of aromatic nitrogens is 2. The van der Waals surface area contributed by atoms with Crippen LogP contribution in [-0.4, -0.2) is 69.4 Å². The summed E-state index contributed by atoms with van der Waals surface area (Å²) in [7, 11) is 0. The van der Waals surface area contributed by atoms with E-state index in [0.29, 0.717) is 37.9 Å². The molecule has 2 amide bonds. The molecule has 2 fully saturated rings. The van der Waals surface area contributed by atoms with Gasteiger partial charge in [0.2, 0.25) is 5.91 Å². The lowest BCUT2D eigenvalue weighted by Crippen LogP contribution is -2.55. The van der Waals surface area contributed by atoms with E-state index >= 15 is 0 Å². The highest BCUT2D eigenvalue weighted by Crippen LogP contribution is 2.19. The van der Waals surface area contributed by atoms with Gasteiger partial charge in [-0.05, 0) is 31.9 Å². The van der Waals surface area contributed by atoms with E-state index in [1.54, 1.807) is 12.5 Å². The number of benzene rings is 1. The Hall–Kier alpha value is -2.67. The van der Waals surface area contributed by atoms with Crippen LogP contribution in [-0.2, 0) is 4.79 Å². The molecule has 27 heavy (non-hydrogen) atoms. The molecule has 1 aliphatic heterocycles. The Bertz CT molecular complexity index is 807. The van der Waals surface area contributed by atoms with Crippen molar-refractivity contribution < 1.29 is 9.59 Å². The lowest BCUT2D eigenvalue weighted by atomic mass is 10.2. The van der Waals surface area contributed by atoms with E-state index < -0.39 is 0 Å². The summed E-state index contributed by atoms with van der Waals surface area (Å²) in [6.07, 6.45) is 5.47. The van der Waals surface area contributed by atoms with Crippen LogP contribution in [0.4, 0.5) is 0 Å². The number of hydrogen-bond donors (Lipinski definition) is 1. The van der Waals surface area contributed by atoms with Gasteiger partial charge in [-0.1, -0.05) is 18.2 Å². The maximum absolute atomic E-state index is 13.0. The van der Waals surface area contributed by atoms with Crippen LogP contribution in [0.15, 0.2) is 42.9 Å². The second kappa shape index (κ2) is 7.52. The van der Waals surface area contributed by atoms with Crippen LogP contribution in [0.25, 0.3) is 5.69 Å². The zero-order valence-electron chi connectivity index (χ0n) is 15.5. The molecule has 7 heteroatoms. The monoisotopic (exact) mass is 367 g/mol. The molecule has 4 rings (SSSR count). The smallest absolute Gasteiger partial charge is 0.272 e. The average molecular weight is 367 g/mol. The van der Waals surface area contributed by atoms with Gasteiger partial charge < -0.3 is 10.2 Å². The SMILES string of the molecule is CC(C(=O)NC1CC1)N1CCN(C(=O)c2cncn2-c2ccccc2)CC1. The molecule has 2 heterocycles. The number of carbonyl (C=O) groups excluding carboxylic acids is 2. The van der Waals surface area contributed by atoms with Gasteiger partial charge in [0.15, 0.2) is 0 Å². The third-order valence-corrected chi connectivity index (χ3v) is 5.34. The summed E-state index contributed by atoms with van der Waals surface area (Å²) in [5.41, 5.74) is 1.48. The van der Waals surface area contributed by atoms with Crippen molar-refractivity contribution in [2.45, 2.75) is 31.8 Å². The quantitative estimate of drug-likeness (QED) is 0.865. The maximum Gasteiger partial charge on any atom is 0.272 e. The number of rotatable bonds is 5. The van der Waals surface area contributed by atoms with Crippen LogP contribution in [0.1, 0.15) is 30.3 Å². The number of nitrogens with zero attached hydrogens (tertiary/aromatic N) is 4. The van der Waals surface area contributed by atoms with Gasteiger partial charge in [-0.3, -0.25) is 19.1 Å². The van der Waals surface area contributed by atoms with Crippen LogP contribution in [0.5, 0.6) is 0 Å². The van der Waals surface area contributed by atoms with Crippen LogP contribution < -0.4 is 5.32 Å². The minimum Gasteiger partial charge on any atom is -0.352 e. The lowest BCUT2D eigenvalue weighted by molar-refractivity contribution is -0.126. The van der Waals surface area contributed by atoms with Crippen molar-refractivity contribution in [2.24, 2.45) is 0 Å². The topological polar surface area (TPSA) is 70.5 Å². The van der Waals surface area contributed by atoms with Gasteiger partial charge in [0.05, 0.1) is 18.6 Å². The van der Waals surface area contributed by atoms with Crippen molar-refractivity contribution in [3.05, 3.63) is 48.5 Å². The molecule has 1 unspecified atom stereocenters. The Morgan fingerprint density at radius 3 is 2.48 bits per heavy atom. The van der Waals surface area contributed by atoms with Gasteiger partial charge in [-0.25, -0.2) is 4.98 Å². The molecule has 0 spiro atoms. The van der Waals surface area contributed by atoms with Gasteiger partial charge in [0, 0.05) is 37.9 Å². The molecule has 1 aromatic carbocycles. The van der Waals surface area contributed by atoms with E-state index in [2.05, 4.69) is 15.2 Å².